The van der Waals surface area contributed by atoms with Gasteiger partial charge >= 0.3 is 5.69 Å². The summed E-state index contributed by atoms with van der Waals surface area (Å²) in [5.74, 6) is 0.565. The maximum absolute atomic E-state index is 11.7. The number of para-hydroxylation sites is 1. The highest BCUT2D eigenvalue weighted by Crippen LogP contribution is 2.40. The zero-order valence-corrected chi connectivity index (χ0v) is 12.4. The minimum absolute atomic E-state index is 0.114. The van der Waals surface area contributed by atoms with Gasteiger partial charge in [0.2, 0.25) is 0 Å². The van der Waals surface area contributed by atoms with Crippen molar-refractivity contribution < 1.29 is 9.66 Å². The van der Waals surface area contributed by atoms with E-state index in [2.05, 4.69) is 10.3 Å². The molecule has 1 saturated heterocycles. The fourth-order valence-corrected chi connectivity index (χ4v) is 2.75. The molecule has 1 aromatic heterocycles. The van der Waals surface area contributed by atoms with Gasteiger partial charge in [-0.1, -0.05) is 12.1 Å². The molecule has 0 amide bonds. The lowest BCUT2D eigenvalue weighted by Crippen LogP contribution is -2.37. The van der Waals surface area contributed by atoms with Gasteiger partial charge in [-0.15, -0.1) is 0 Å². The minimum Gasteiger partial charge on any atom is -0.378 e. The van der Waals surface area contributed by atoms with Crippen LogP contribution in [0.2, 0.25) is 0 Å². The number of nitrogens with one attached hydrogen (secondary N) is 1. The van der Waals surface area contributed by atoms with E-state index in [9.17, 15) is 10.1 Å². The van der Waals surface area contributed by atoms with Crippen molar-refractivity contribution in [3.63, 3.8) is 0 Å². The Labute approximate surface area is 128 Å². The van der Waals surface area contributed by atoms with Gasteiger partial charge in [0.05, 0.1) is 29.0 Å². The van der Waals surface area contributed by atoms with Crippen LogP contribution in [0.25, 0.3) is 10.9 Å². The molecule has 116 valence electrons. The number of rotatable bonds is 4. The molecule has 7 heteroatoms. The van der Waals surface area contributed by atoms with Crippen molar-refractivity contribution >= 4 is 28.1 Å². The van der Waals surface area contributed by atoms with Crippen molar-refractivity contribution in [2.75, 3.05) is 43.1 Å². The van der Waals surface area contributed by atoms with Crippen LogP contribution in [0.5, 0.6) is 0 Å². The smallest absolute Gasteiger partial charge is 0.305 e. The number of benzene rings is 1. The van der Waals surface area contributed by atoms with E-state index in [4.69, 9.17) is 4.74 Å². The number of ether oxygens (including phenoxy) is 1. The average Bonchev–Trinajstić information content (AvgIpc) is 2.54. The van der Waals surface area contributed by atoms with Crippen molar-refractivity contribution in [3.05, 3.63) is 34.4 Å². The second-order valence-corrected chi connectivity index (χ2v) is 5.06. The highest BCUT2D eigenvalue weighted by atomic mass is 16.6. The van der Waals surface area contributed by atoms with Crippen LogP contribution < -0.4 is 10.2 Å². The Hall–Kier alpha value is -2.41. The van der Waals surface area contributed by atoms with E-state index >= 15 is 0 Å². The second kappa shape index (κ2) is 6.15. The number of aromatic nitrogens is 1. The monoisotopic (exact) mass is 302 g/mol. The van der Waals surface area contributed by atoms with Crippen LogP contribution in [0.4, 0.5) is 17.2 Å². The molecule has 0 saturated carbocycles. The summed E-state index contributed by atoms with van der Waals surface area (Å²) in [6.07, 6.45) is 0. The van der Waals surface area contributed by atoms with Gasteiger partial charge in [0.1, 0.15) is 0 Å². The van der Waals surface area contributed by atoms with Crippen molar-refractivity contribution in [2.24, 2.45) is 0 Å². The van der Waals surface area contributed by atoms with E-state index in [1.54, 1.807) is 18.2 Å². The van der Waals surface area contributed by atoms with Gasteiger partial charge in [-0.25, -0.2) is 4.98 Å². The maximum Gasteiger partial charge on any atom is 0.305 e. The van der Waals surface area contributed by atoms with Gasteiger partial charge in [-0.2, -0.15) is 0 Å². The van der Waals surface area contributed by atoms with E-state index in [-0.39, 0.29) is 10.6 Å². The summed E-state index contributed by atoms with van der Waals surface area (Å²) in [5, 5.41) is 15.5. The molecule has 0 unspecified atom stereocenters. The van der Waals surface area contributed by atoms with E-state index in [1.165, 1.54) is 0 Å². The lowest BCUT2D eigenvalue weighted by molar-refractivity contribution is -0.382. The highest BCUT2D eigenvalue weighted by Gasteiger charge is 2.29. The van der Waals surface area contributed by atoms with Crippen LogP contribution in [0.15, 0.2) is 24.3 Å². The second-order valence-electron chi connectivity index (χ2n) is 5.06. The average molecular weight is 302 g/mol. The summed E-state index contributed by atoms with van der Waals surface area (Å²) >= 11 is 0. The van der Waals surface area contributed by atoms with E-state index in [0.717, 1.165) is 0 Å². The maximum atomic E-state index is 11.7. The quantitative estimate of drug-likeness (QED) is 0.690. The zero-order valence-electron chi connectivity index (χ0n) is 12.4. The first-order valence-corrected chi connectivity index (χ1v) is 7.36. The first kappa shape index (κ1) is 14.5. The molecule has 22 heavy (non-hydrogen) atoms. The van der Waals surface area contributed by atoms with Crippen LogP contribution in [0.3, 0.4) is 0 Å². The number of hydrogen-bond donors (Lipinski definition) is 1. The van der Waals surface area contributed by atoms with Crippen molar-refractivity contribution in [3.8, 4) is 0 Å². The number of hydrogen-bond acceptors (Lipinski definition) is 6. The Balaban J connectivity index is 2.26. The normalized spacial score (nSPS) is 15.0. The molecule has 1 aromatic carbocycles. The Morgan fingerprint density at radius 1 is 1.36 bits per heavy atom. The number of fused-ring (bicyclic) bond motifs is 1. The van der Waals surface area contributed by atoms with Gasteiger partial charge in [-0.05, 0) is 19.1 Å². The minimum atomic E-state index is -0.310. The number of nitro groups is 1. The zero-order chi connectivity index (χ0) is 15.5. The van der Waals surface area contributed by atoms with E-state index < -0.39 is 0 Å². The SMILES string of the molecule is CCNc1nc2ccccc2c([N+](=O)[O-])c1N1CCOCC1. The van der Waals surface area contributed by atoms with Crippen LogP contribution in [0, 0.1) is 10.1 Å². The van der Waals surface area contributed by atoms with Crippen molar-refractivity contribution in [1.82, 2.24) is 4.98 Å². The van der Waals surface area contributed by atoms with Crippen LogP contribution >= 0.6 is 0 Å². The predicted octanol–water partition coefficient (Wildman–Crippen LogP) is 2.41. The third-order valence-corrected chi connectivity index (χ3v) is 3.69. The summed E-state index contributed by atoms with van der Waals surface area (Å²) in [4.78, 5) is 18.0. The topological polar surface area (TPSA) is 80.5 Å². The molecule has 1 aliphatic heterocycles. The Morgan fingerprint density at radius 2 is 2.09 bits per heavy atom. The van der Waals surface area contributed by atoms with E-state index in [0.29, 0.717) is 55.3 Å². The van der Waals surface area contributed by atoms with Gasteiger partial charge < -0.3 is 15.0 Å². The van der Waals surface area contributed by atoms with Gasteiger partial charge in [0, 0.05) is 19.6 Å². The molecular formula is C15H18N4O3. The number of nitrogens with zero attached hydrogens (tertiary/aromatic N) is 3. The first-order chi connectivity index (χ1) is 10.7. The van der Waals surface area contributed by atoms with Crippen LogP contribution in [-0.2, 0) is 4.74 Å². The molecule has 1 fully saturated rings. The van der Waals surface area contributed by atoms with Crippen LogP contribution in [-0.4, -0.2) is 42.8 Å². The Kier molecular flexibility index (Phi) is 4.06. The molecule has 0 spiro atoms. The molecular weight excluding hydrogens is 284 g/mol. The standard InChI is InChI=1S/C15H18N4O3/c1-2-16-15-14(18-7-9-22-10-8-18)13(19(20)21)11-5-3-4-6-12(11)17-15/h3-6H,2,7-10H2,1H3,(H,16,17). The molecule has 7 nitrogen and oxygen atoms in total. The van der Waals surface area contributed by atoms with Gasteiger partial charge in [0.25, 0.3) is 0 Å². The van der Waals surface area contributed by atoms with Crippen LogP contribution in [0.1, 0.15) is 6.92 Å². The fourth-order valence-electron chi connectivity index (χ4n) is 2.75. The molecule has 1 N–H and O–H groups in total. The molecule has 2 heterocycles. The lowest BCUT2D eigenvalue weighted by atomic mass is 10.1. The largest absolute Gasteiger partial charge is 0.378 e. The van der Waals surface area contributed by atoms with Gasteiger partial charge in [-0.3, -0.25) is 10.1 Å². The summed E-state index contributed by atoms with van der Waals surface area (Å²) in [7, 11) is 0. The number of pyridine rings is 1. The summed E-state index contributed by atoms with van der Waals surface area (Å²) in [5.41, 5.74) is 1.31. The summed E-state index contributed by atoms with van der Waals surface area (Å²) in [6.45, 7) is 4.98. The fraction of sp³-hybridized carbons (Fsp3) is 0.400. The van der Waals surface area contributed by atoms with Crippen molar-refractivity contribution in [1.29, 1.82) is 0 Å². The third kappa shape index (κ3) is 2.55. The Bertz CT molecular complexity index is 698. The summed E-state index contributed by atoms with van der Waals surface area (Å²) < 4.78 is 5.36. The molecule has 0 radical (unpaired) electrons. The molecule has 0 bridgehead atoms. The lowest BCUT2D eigenvalue weighted by Gasteiger charge is -2.30. The summed E-state index contributed by atoms with van der Waals surface area (Å²) in [6, 6.07) is 7.18. The molecule has 2 aromatic rings. The van der Waals surface area contributed by atoms with E-state index in [1.807, 2.05) is 17.9 Å². The number of morpholine rings is 1. The Morgan fingerprint density at radius 3 is 2.77 bits per heavy atom. The predicted molar refractivity (Wildman–Crippen MR) is 85.6 cm³/mol. The number of anilines is 2. The highest BCUT2D eigenvalue weighted by molar-refractivity contribution is 5.98. The molecule has 0 aliphatic carbocycles. The molecule has 0 atom stereocenters. The first-order valence-electron chi connectivity index (χ1n) is 7.36. The molecule has 1 aliphatic rings. The van der Waals surface area contributed by atoms with Crippen molar-refractivity contribution in [2.45, 2.75) is 6.92 Å². The van der Waals surface area contributed by atoms with Gasteiger partial charge in [0.15, 0.2) is 11.5 Å². The molecule has 3 rings (SSSR count). The third-order valence-electron chi connectivity index (χ3n) is 3.69.